The molecule has 0 saturated carbocycles. The zero-order valence-corrected chi connectivity index (χ0v) is 6.00. The van der Waals surface area contributed by atoms with E-state index in [1.165, 1.54) is 11.8 Å². The van der Waals surface area contributed by atoms with E-state index < -0.39 is 18.8 Å². The average Bonchev–Trinajstić information content (AvgIpc) is 1.85. The molecule has 0 aromatic carbocycles. The van der Waals surface area contributed by atoms with Crippen LogP contribution in [0.15, 0.2) is 0 Å². The Morgan fingerprint density at radius 3 is 2.25 bits per heavy atom. The molecule has 0 aromatic rings. The van der Waals surface area contributed by atoms with Crippen LogP contribution in [0, 0.1) is 30.6 Å². The molecule has 1 radical (unpaired) electrons. The SMILES string of the molecule is [CH2]C#CC(F)(F)C#CCC(F)F. The summed E-state index contributed by atoms with van der Waals surface area (Å²) in [5.74, 6) is 2.50. The van der Waals surface area contributed by atoms with Crippen LogP contribution in [0.1, 0.15) is 6.42 Å². The topological polar surface area (TPSA) is 0 Å². The first-order valence-corrected chi connectivity index (χ1v) is 2.93. The number of hydrogen-bond donors (Lipinski definition) is 0. The van der Waals surface area contributed by atoms with Crippen LogP contribution in [0.25, 0.3) is 0 Å². The zero-order chi connectivity index (χ0) is 9.61. The second-order valence-electron chi connectivity index (χ2n) is 1.77. The van der Waals surface area contributed by atoms with Crippen LogP contribution in [-0.4, -0.2) is 12.3 Å². The Kier molecular flexibility index (Phi) is 4.21. The van der Waals surface area contributed by atoms with Gasteiger partial charge in [-0.3, -0.25) is 0 Å². The summed E-state index contributed by atoms with van der Waals surface area (Å²) < 4.78 is 47.3. The minimum atomic E-state index is -3.53. The van der Waals surface area contributed by atoms with Crippen molar-refractivity contribution in [2.45, 2.75) is 18.8 Å². The molecule has 12 heavy (non-hydrogen) atoms. The first-order valence-electron chi connectivity index (χ1n) is 2.93. The monoisotopic (exact) mass is 177 g/mol. The van der Waals surface area contributed by atoms with Crippen molar-refractivity contribution in [1.29, 1.82) is 0 Å². The molecule has 0 amide bonds. The van der Waals surface area contributed by atoms with Crippen molar-refractivity contribution in [2.75, 3.05) is 0 Å². The van der Waals surface area contributed by atoms with Crippen molar-refractivity contribution in [3.63, 3.8) is 0 Å². The Morgan fingerprint density at radius 1 is 1.25 bits per heavy atom. The zero-order valence-electron chi connectivity index (χ0n) is 6.00. The molecule has 0 aliphatic carbocycles. The summed E-state index contributed by atoms with van der Waals surface area (Å²) >= 11 is 0. The normalized spacial score (nSPS) is 9.83. The van der Waals surface area contributed by atoms with Gasteiger partial charge in [-0.1, -0.05) is 11.8 Å². The molecule has 0 N–H and O–H groups in total. The van der Waals surface area contributed by atoms with E-state index in [0.29, 0.717) is 0 Å². The average molecular weight is 177 g/mol. The second-order valence-corrected chi connectivity index (χ2v) is 1.77. The van der Waals surface area contributed by atoms with Crippen molar-refractivity contribution >= 4 is 0 Å². The van der Waals surface area contributed by atoms with Gasteiger partial charge in [-0.25, -0.2) is 8.78 Å². The standard InChI is InChI=1S/C8H5F4/c1-2-5-8(11,12)6-3-4-7(9)10/h7H,1,4H2. The van der Waals surface area contributed by atoms with E-state index >= 15 is 0 Å². The maximum atomic E-state index is 12.2. The van der Waals surface area contributed by atoms with Crippen molar-refractivity contribution in [3.8, 4) is 23.7 Å². The van der Waals surface area contributed by atoms with E-state index in [2.05, 4.69) is 6.92 Å². The number of hydrogen-bond acceptors (Lipinski definition) is 0. The summed E-state index contributed by atoms with van der Waals surface area (Å²) in [6.45, 7) is 2.86. The van der Waals surface area contributed by atoms with Gasteiger partial charge in [0.05, 0.1) is 6.42 Å². The summed E-state index contributed by atoms with van der Waals surface area (Å²) in [6, 6.07) is 0. The summed E-state index contributed by atoms with van der Waals surface area (Å²) in [5.41, 5.74) is 0. The maximum absolute atomic E-state index is 12.2. The van der Waals surface area contributed by atoms with Crippen molar-refractivity contribution in [3.05, 3.63) is 6.92 Å². The Morgan fingerprint density at radius 2 is 1.83 bits per heavy atom. The van der Waals surface area contributed by atoms with Crippen LogP contribution in [0.4, 0.5) is 17.6 Å². The lowest BCUT2D eigenvalue weighted by Gasteiger charge is -1.96. The molecule has 0 aliphatic heterocycles. The van der Waals surface area contributed by atoms with Crippen molar-refractivity contribution in [2.24, 2.45) is 0 Å². The quantitative estimate of drug-likeness (QED) is 0.425. The highest BCUT2D eigenvalue weighted by Crippen LogP contribution is 2.09. The molecule has 0 atom stereocenters. The van der Waals surface area contributed by atoms with Crippen LogP contribution >= 0.6 is 0 Å². The van der Waals surface area contributed by atoms with Crippen molar-refractivity contribution < 1.29 is 17.6 Å². The number of halogens is 4. The van der Waals surface area contributed by atoms with E-state index in [4.69, 9.17) is 0 Å². The van der Waals surface area contributed by atoms with Crippen LogP contribution in [0.3, 0.4) is 0 Å². The molecule has 0 unspecified atom stereocenters. The Balaban J connectivity index is 4.15. The summed E-state index contributed by atoms with van der Waals surface area (Å²) in [4.78, 5) is 0. The molecule has 0 bridgehead atoms. The smallest absolute Gasteiger partial charge is 0.209 e. The van der Waals surface area contributed by atoms with Gasteiger partial charge in [0.15, 0.2) is 0 Å². The molecule has 0 nitrogen and oxygen atoms in total. The van der Waals surface area contributed by atoms with Crippen LogP contribution in [0.2, 0.25) is 0 Å². The van der Waals surface area contributed by atoms with Gasteiger partial charge in [-0.05, 0) is 11.8 Å². The fraction of sp³-hybridized carbons (Fsp3) is 0.375. The summed E-state index contributed by atoms with van der Waals surface area (Å²) in [7, 11) is 0. The molecular formula is C8H5F4. The molecule has 0 rings (SSSR count). The third-order valence-corrected chi connectivity index (χ3v) is 0.747. The molecule has 0 fully saturated rings. The lowest BCUT2D eigenvalue weighted by Crippen LogP contribution is -2.08. The molecular weight excluding hydrogens is 172 g/mol. The number of alkyl halides is 4. The minimum Gasteiger partial charge on any atom is -0.209 e. The lowest BCUT2D eigenvalue weighted by atomic mass is 10.3. The molecule has 4 heteroatoms. The van der Waals surface area contributed by atoms with Gasteiger partial charge in [0.25, 0.3) is 0 Å². The van der Waals surface area contributed by atoms with Crippen LogP contribution < -0.4 is 0 Å². The van der Waals surface area contributed by atoms with E-state index in [1.807, 2.05) is 0 Å². The number of rotatable bonds is 1. The Bertz CT molecular complexity index is 246. The van der Waals surface area contributed by atoms with Gasteiger partial charge >= 0.3 is 5.92 Å². The summed E-state index contributed by atoms with van der Waals surface area (Å²) in [6.07, 6.45) is -3.56. The first-order chi connectivity index (χ1) is 5.48. The lowest BCUT2D eigenvalue weighted by molar-refractivity contribution is 0.133. The van der Waals surface area contributed by atoms with Gasteiger partial charge in [-0.15, -0.1) is 0 Å². The largest absolute Gasteiger partial charge is 0.370 e. The van der Waals surface area contributed by atoms with Crippen molar-refractivity contribution in [1.82, 2.24) is 0 Å². The first kappa shape index (κ1) is 10.8. The van der Waals surface area contributed by atoms with Crippen LogP contribution in [0.5, 0.6) is 0 Å². The highest BCUT2D eigenvalue weighted by Gasteiger charge is 2.21. The maximum Gasteiger partial charge on any atom is 0.370 e. The predicted molar refractivity (Wildman–Crippen MR) is 36.5 cm³/mol. The predicted octanol–water partition coefficient (Wildman–Crippen LogP) is 2.12. The molecule has 0 heterocycles. The molecule has 0 saturated heterocycles. The summed E-state index contributed by atoms with van der Waals surface area (Å²) in [5, 5.41) is 0. The van der Waals surface area contributed by atoms with Crippen LogP contribution in [-0.2, 0) is 0 Å². The molecule has 0 spiro atoms. The highest BCUT2D eigenvalue weighted by molar-refractivity contribution is 5.25. The van der Waals surface area contributed by atoms with E-state index in [1.54, 1.807) is 11.8 Å². The Hall–Kier alpha value is -1.16. The third kappa shape index (κ3) is 5.61. The second kappa shape index (κ2) is 4.66. The third-order valence-electron chi connectivity index (χ3n) is 0.747. The Labute approximate surface area is 68.0 Å². The van der Waals surface area contributed by atoms with E-state index in [-0.39, 0.29) is 0 Å². The molecule has 0 aliphatic rings. The van der Waals surface area contributed by atoms with Gasteiger partial charge in [0.1, 0.15) is 0 Å². The van der Waals surface area contributed by atoms with E-state index in [9.17, 15) is 17.6 Å². The van der Waals surface area contributed by atoms with Gasteiger partial charge in [0, 0.05) is 6.92 Å². The van der Waals surface area contributed by atoms with Gasteiger partial charge < -0.3 is 0 Å². The fourth-order valence-corrected chi connectivity index (χ4v) is 0.381. The van der Waals surface area contributed by atoms with E-state index in [0.717, 1.165) is 0 Å². The minimum absolute atomic E-state index is 0.867. The molecule has 0 aromatic heterocycles. The van der Waals surface area contributed by atoms with Gasteiger partial charge in [-0.2, -0.15) is 8.78 Å². The molecule has 65 valence electrons. The van der Waals surface area contributed by atoms with Gasteiger partial charge in [0.2, 0.25) is 6.43 Å². The fourth-order valence-electron chi connectivity index (χ4n) is 0.381. The highest BCUT2D eigenvalue weighted by atomic mass is 19.3.